The maximum atomic E-state index is 12.5. The fourth-order valence-electron chi connectivity index (χ4n) is 4.00. The summed E-state index contributed by atoms with van der Waals surface area (Å²) in [6.07, 6.45) is 6.24. The van der Waals surface area contributed by atoms with Crippen molar-refractivity contribution in [2.75, 3.05) is 18.0 Å². The van der Waals surface area contributed by atoms with E-state index in [0.717, 1.165) is 38.3 Å². The number of piperidine rings is 1. The van der Waals surface area contributed by atoms with Gasteiger partial charge in [0, 0.05) is 13.1 Å². The standard InChI is InChI=1S/C22H29N5O/c1-22(2,3)27-19-18(15-23-27)20(28)25-21(24-19)26-13-11-17(12-14-26)10-9-16-7-5-4-6-8-16/h4-8,15,17H,9-14H2,1-3H3,(H,24,25,28). The molecule has 1 N–H and O–H groups in total. The number of nitrogens with zero attached hydrogens (tertiary/aromatic N) is 4. The van der Waals surface area contributed by atoms with Crippen LogP contribution in [-0.2, 0) is 12.0 Å². The van der Waals surface area contributed by atoms with E-state index in [4.69, 9.17) is 4.98 Å². The molecule has 2 aromatic heterocycles. The highest BCUT2D eigenvalue weighted by Crippen LogP contribution is 2.25. The van der Waals surface area contributed by atoms with Crippen LogP contribution in [0.3, 0.4) is 0 Å². The zero-order chi connectivity index (χ0) is 19.7. The Morgan fingerprint density at radius 2 is 1.86 bits per heavy atom. The normalized spacial score (nSPS) is 16.0. The van der Waals surface area contributed by atoms with Gasteiger partial charge in [0.2, 0.25) is 5.95 Å². The molecule has 0 spiro atoms. The van der Waals surface area contributed by atoms with Crippen LogP contribution in [0.1, 0.15) is 45.6 Å². The third-order valence-electron chi connectivity index (χ3n) is 5.66. The fraction of sp³-hybridized carbons (Fsp3) is 0.500. The molecule has 1 saturated heterocycles. The van der Waals surface area contributed by atoms with Crippen LogP contribution in [0, 0.1) is 5.92 Å². The van der Waals surface area contributed by atoms with Crippen LogP contribution in [0.5, 0.6) is 0 Å². The molecule has 0 radical (unpaired) electrons. The lowest BCUT2D eigenvalue weighted by Crippen LogP contribution is -2.36. The van der Waals surface area contributed by atoms with Gasteiger partial charge in [-0.3, -0.25) is 9.78 Å². The highest BCUT2D eigenvalue weighted by atomic mass is 16.1. The number of nitrogens with one attached hydrogen (secondary N) is 1. The van der Waals surface area contributed by atoms with Gasteiger partial charge in [-0.2, -0.15) is 10.1 Å². The van der Waals surface area contributed by atoms with Crippen LogP contribution in [0.2, 0.25) is 0 Å². The van der Waals surface area contributed by atoms with Gasteiger partial charge in [-0.05, 0) is 57.9 Å². The van der Waals surface area contributed by atoms with Gasteiger partial charge in [-0.1, -0.05) is 30.3 Å². The number of aromatic amines is 1. The van der Waals surface area contributed by atoms with Crippen molar-refractivity contribution in [3.8, 4) is 0 Å². The first-order valence-electron chi connectivity index (χ1n) is 10.2. The molecule has 1 fully saturated rings. The predicted molar refractivity (Wildman–Crippen MR) is 113 cm³/mol. The Labute approximate surface area is 165 Å². The molecule has 0 atom stereocenters. The van der Waals surface area contributed by atoms with Crippen molar-refractivity contribution in [2.24, 2.45) is 5.92 Å². The molecule has 0 aliphatic carbocycles. The van der Waals surface area contributed by atoms with Gasteiger partial charge >= 0.3 is 0 Å². The van der Waals surface area contributed by atoms with Crippen LogP contribution in [0.25, 0.3) is 11.0 Å². The van der Waals surface area contributed by atoms with Gasteiger partial charge in [0.05, 0.1) is 11.7 Å². The summed E-state index contributed by atoms with van der Waals surface area (Å²) < 4.78 is 1.84. The first-order valence-corrected chi connectivity index (χ1v) is 10.2. The first kappa shape index (κ1) is 18.7. The van der Waals surface area contributed by atoms with E-state index in [1.165, 1.54) is 12.0 Å². The van der Waals surface area contributed by atoms with Gasteiger partial charge < -0.3 is 4.90 Å². The monoisotopic (exact) mass is 379 g/mol. The van der Waals surface area contributed by atoms with E-state index in [9.17, 15) is 4.79 Å². The lowest BCUT2D eigenvalue weighted by Gasteiger charge is -2.32. The van der Waals surface area contributed by atoms with E-state index in [0.29, 0.717) is 17.0 Å². The Kier molecular flexibility index (Phi) is 4.96. The number of hydrogen-bond donors (Lipinski definition) is 1. The SMILES string of the molecule is CC(C)(C)n1ncc2c(=O)[nH]c(N3CCC(CCc4ccccc4)CC3)nc21. The van der Waals surface area contributed by atoms with E-state index in [1.807, 2.05) is 4.68 Å². The van der Waals surface area contributed by atoms with Crippen LogP contribution in [0.15, 0.2) is 41.3 Å². The third-order valence-corrected chi connectivity index (χ3v) is 5.66. The lowest BCUT2D eigenvalue weighted by atomic mass is 9.91. The molecule has 1 aliphatic heterocycles. The summed E-state index contributed by atoms with van der Waals surface area (Å²) in [5.74, 6) is 1.40. The second-order valence-electron chi connectivity index (χ2n) is 8.81. The van der Waals surface area contributed by atoms with Gasteiger partial charge in [0.15, 0.2) is 5.65 Å². The minimum absolute atomic E-state index is 0.110. The molecule has 1 aromatic carbocycles. The number of H-pyrrole nitrogens is 1. The minimum Gasteiger partial charge on any atom is -0.342 e. The van der Waals surface area contributed by atoms with Crippen molar-refractivity contribution in [1.82, 2.24) is 19.7 Å². The Morgan fingerprint density at radius 1 is 1.14 bits per heavy atom. The molecule has 3 heterocycles. The first-order chi connectivity index (χ1) is 13.4. The number of benzene rings is 1. The van der Waals surface area contributed by atoms with Crippen LogP contribution in [0.4, 0.5) is 5.95 Å². The number of anilines is 1. The Morgan fingerprint density at radius 3 is 2.54 bits per heavy atom. The highest BCUT2D eigenvalue weighted by molar-refractivity contribution is 5.74. The summed E-state index contributed by atoms with van der Waals surface area (Å²) in [6.45, 7) is 8.07. The minimum atomic E-state index is -0.218. The Hall–Kier alpha value is -2.63. The fourth-order valence-corrected chi connectivity index (χ4v) is 4.00. The molecule has 4 rings (SSSR count). The van der Waals surface area contributed by atoms with E-state index < -0.39 is 0 Å². The quantitative estimate of drug-likeness (QED) is 0.750. The van der Waals surface area contributed by atoms with Crippen LogP contribution < -0.4 is 10.5 Å². The maximum Gasteiger partial charge on any atom is 0.263 e. The summed E-state index contributed by atoms with van der Waals surface area (Å²) in [5.41, 5.74) is 1.75. The van der Waals surface area contributed by atoms with Crippen molar-refractivity contribution < 1.29 is 0 Å². The van der Waals surface area contributed by atoms with Crippen molar-refractivity contribution in [3.05, 3.63) is 52.4 Å². The van der Waals surface area contributed by atoms with Crippen LogP contribution >= 0.6 is 0 Å². The smallest absolute Gasteiger partial charge is 0.263 e. The van der Waals surface area contributed by atoms with E-state index in [2.05, 4.69) is 66.1 Å². The largest absolute Gasteiger partial charge is 0.342 e. The number of fused-ring (bicyclic) bond motifs is 1. The number of rotatable bonds is 4. The van der Waals surface area contributed by atoms with Crippen molar-refractivity contribution in [2.45, 2.75) is 52.0 Å². The summed E-state index contributed by atoms with van der Waals surface area (Å²) >= 11 is 0. The van der Waals surface area contributed by atoms with E-state index >= 15 is 0 Å². The molecule has 0 amide bonds. The van der Waals surface area contributed by atoms with E-state index in [1.54, 1.807) is 6.20 Å². The Balaban J connectivity index is 1.46. The molecule has 0 unspecified atom stereocenters. The Bertz CT molecular complexity index is 991. The molecule has 0 bridgehead atoms. The zero-order valence-corrected chi connectivity index (χ0v) is 17.0. The molecule has 6 nitrogen and oxygen atoms in total. The van der Waals surface area contributed by atoms with Crippen molar-refractivity contribution in [1.29, 1.82) is 0 Å². The number of hydrogen-bond acceptors (Lipinski definition) is 4. The molecular weight excluding hydrogens is 350 g/mol. The summed E-state index contributed by atoms with van der Waals surface area (Å²) in [4.78, 5) is 22.5. The van der Waals surface area contributed by atoms with Crippen molar-refractivity contribution in [3.63, 3.8) is 0 Å². The predicted octanol–water partition coefficient (Wildman–Crippen LogP) is 3.72. The average molecular weight is 380 g/mol. The maximum absolute atomic E-state index is 12.5. The third kappa shape index (κ3) is 3.81. The highest BCUT2D eigenvalue weighted by Gasteiger charge is 2.24. The summed E-state index contributed by atoms with van der Waals surface area (Å²) in [7, 11) is 0. The van der Waals surface area contributed by atoms with Gasteiger partial charge in [0.25, 0.3) is 5.56 Å². The topological polar surface area (TPSA) is 66.8 Å². The lowest BCUT2D eigenvalue weighted by molar-refractivity contribution is 0.365. The molecule has 6 heteroatoms. The van der Waals surface area contributed by atoms with Crippen molar-refractivity contribution >= 4 is 17.0 Å². The van der Waals surface area contributed by atoms with Crippen LogP contribution in [-0.4, -0.2) is 32.8 Å². The molecule has 3 aromatic rings. The van der Waals surface area contributed by atoms with E-state index in [-0.39, 0.29) is 11.1 Å². The molecular formula is C22H29N5O. The second-order valence-corrected chi connectivity index (χ2v) is 8.81. The van der Waals surface area contributed by atoms with Gasteiger partial charge in [-0.25, -0.2) is 4.68 Å². The van der Waals surface area contributed by atoms with Gasteiger partial charge in [0.1, 0.15) is 5.39 Å². The summed E-state index contributed by atoms with van der Waals surface area (Å²) in [6, 6.07) is 10.7. The number of aryl methyl sites for hydroxylation is 1. The average Bonchev–Trinajstić information content (AvgIpc) is 3.13. The zero-order valence-electron chi connectivity index (χ0n) is 17.0. The number of aromatic nitrogens is 4. The second kappa shape index (κ2) is 7.41. The summed E-state index contributed by atoms with van der Waals surface area (Å²) in [5, 5.41) is 4.95. The molecule has 148 valence electrons. The molecule has 1 aliphatic rings. The molecule has 0 saturated carbocycles. The van der Waals surface area contributed by atoms with Gasteiger partial charge in [-0.15, -0.1) is 0 Å². The molecule has 28 heavy (non-hydrogen) atoms.